The van der Waals surface area contributed by atoms with Gasteiger partial charge in [0.05, 0.1) is 5.69 Å². The molecule has 0 saturated carbocycles. The Morgan fingerprint density at radius 2 is 1.83 bits per heavy atom. The van der Waals surface area contributed by atoms with Crippen molar-refractivity contribution >= 4 is 23.7 Å². The highest BCUT2D eigenvalue weighted by molar-refractivity contribution is 5.66. The molecule has 0 radical (unpaired) electrons. The normalized spacial score (nSPS) is 15.0. The van der Waals surface area contributed by atoms with E-state index in [0.717, 1.165) is 36.0 Å². The molecule has 0 amide bonds. The summed E-state index contributed by atoms with van der Waals surface area (Å²) in [6.45, 7) is 6.16. The van der Waals surface area contributed by atoms with Gasteiger partial charge in [-0.1, -0.05) is 6.07 Å². The molecule has 0 aromatic carbocycles. The van der Waals surface area contributed by atoms with E-state index < -0.39 is 0 Å². The number of rotatable bonds is 3. The second kappa shape index (κ2) is 6.03. The summed E-state index contributed by atoms with van der Waals surface area (Å²) < 4.78 is 1.76. The molecule has 0 spiro atoms. The zero-order valence-electron chi connectivity index (χ0n) is 14.0. The van der Waals surface area contributed by atoms with E-state index in [9.17, 15) is 0 Å². The molecule has 0 N–H and O–H groups in total. The zero-order valence-corrected chi connectivity index (χ0v) is 14.0. The minimum absolute atomic E-state index is 0.630. The van der Waals surface area contributed by atoms with Gasteiger partial charge in [0.25, 0.3) is 5.78 Å². The fraction of sp³-hybridized carbons (Fsp3) is 0.333. The molecule has 1 aliphatic rings. The summed E-state index contributed by atoms with van der Waals surface area (Å²) in [6.07, 6.45) is 6.34. The standard InChI is InChI=1S/C18H20N6/c1-13-12-14(2)24-18(19-13)21-16(22-24)9-8-15-6-5-7-17(20-15)23-10-3-4-11-23/h5-9,12H,3-4,10-11H2,1-2H3. The molecule has 24 heavy (non-hydrogen) atoms. The Hall–Kier alpha value is -2.76. The fourth-order valence-corrected chi connectivity index (χ4v) is 3.07. The lowest BCUT2D eigenvalue weighted by Gasteiger charge is -2.16. The van der Waals surface area contributed by atoms with Gasteiger partial charge in [0.1, 0.15) is 5.82 Å². The first kappa shape index (κ1) is 14.8. The third-order valence-electron chi connectivity index (χ3n) is 4.22. The van der Waals surface area contributed by atoms with Crippen molar-refractivity contribution < 1.29 is 0 Å². The maximum absolute atomic E-state index is 4.72. The van der Waals surface area contributed by atoms with E-state index in [-0.39, 0.29) is 0 Å². The number of aromatic nitrogens is 5. The molecule has 6 nitrogen and oxygen atoms in total. The first-order valence-electron chi connectivity index (χ1n) is 8.30. The van der Waals surface area contributed by atoms with Gasteiger partial charge in [-0.15, -0.1) is 5.10 Å². The summed E-state index contributed by atoms with van der Waals surface area (Å²) in [6, 6.07) is 8.12. The van der Waals surface area contributed by atoms with Gasteiger partial charge in [-0.25, -0.2) is 14.5 Å². The van der Waals surface area contributed by atoms with Crippen LogP contribution in [0.2, 0.25) is 0 Å². The molecule has 0 aliphatic carbocycles. The zero-order chi connectivity index (χ0) is 16.5. The van der Waals surface area contributed by atoms with Crippen LogP contribution in [-0.2, 0) is 0 Å². The minimum Gasteiger partial charge on any atom is -0.357 e. The SMILES string of the molecule is Cc1cc(C)n2nc(C=Cc3cccc(N4CCCC4)n3)nc2n1. The quantitative estimate of drug-likeness (QED) is 0.742. The molecule has 1 saturated heterocycles. The largest absolute Gasteiger partial charge is 0.357 e. The number of anilines is 1. The summed E-state index contributed by atoms with van der Waals surface area (Å²) in [5.74, 6) is 2.32. The highest BCUT2D eigenvalue weighted by Gasteiger charge is 2.13. The molecular weight excluding hydrogens is 300 g/mol. The molecule has 0 atom stereocenters. The monoisotopic (exact) mass is 320 g/mol. The Balaban J connectivity index is 1.61. The Kier molecular flexibility index (Phi) is 3.72. The van der Waals surface area contributed by atoms with Crippen LogP contribution < -0.4 is 4.90 Å². The summed E-state index contributed by atoms with van der Waals surface area (Å²) in [7, 11) is 0. The smallest absolute Gasteiger partial charge is 0.253 e. The van der Waals surface area contributed by atoms with Crippen LogP contribution in [0.4, 0.5) is 5.82 Å². The van der Waals surface area contributed by atoms with Gasteiger partial charge >= 0.3 is 0 Å². The first-order chi connectivity index (χ1) is 11.7. The van der Waals surface area contributed by atoms with Crippen molar-refractivity contribution in [2.45, 2.75) is 26.7 Å². The maximum atomic E-state index is 4.72. The predicted octanol–water partition coefficient (Wildman–Crippen LogP) is 2.91. The molecule has 3 aromatic heterocycles. The number of hydrogen-bond acceptors (Lipinski definition) is 5. The Bertz CT molecular complexity index is 905. The first-order valence-corrected chi connectivity index (χ1v) is 8.30. The van der Waals surface area contributed by atoms with Crippen LogP contribution in [0.15, 0.2) is 24.3 Å². The Labute approximate surface area is 140 Å². The lowest BCUT2D eigenvalue weighted by Crippen LogP contribution is -2.18. The van der Waals surface area contributed by atoms with Crippen LogP contribution in [0, 0.1) is 13.8 Å². The average molecular weight is 320 g/mol. The lowest BCUT2D eigenvalue weighted by atomic mass is 10.3. The van der Waals surface area contributed by atoms with Crippen LogP contribution in [0.25, 0.3) is 17.9 Å². The van der Waals surface area contributed by atoms with E-state index in [0.29, 0.717) is 11.6 Å². The highest BCUT2D eigenvalue weighted by Crippen LogP contribution is 2.18. The van der Waals surface area contributed by atoms with Gasteiger partial charge in [-0.2, -0.15) is 4.98 Å². The number of aryl methyl sites for hydroxylation is 2. The van der Waals surface area contributed by atoms with Crippen LogP contribution in [0.5, 0.6) is 0 Å². The number of fused-ring (bicyclic) bond motifs is 1. The van der Waals surface area contributed by atoms with Gasteiger partial charge in [0.15, 0.2) is 5.82 Å². The fourth-order valence-electron chi connectivity index (χ4n) is 3.07. The van der Waals surface area contributed by atoms with Crippen molar-refractivity contribution in [1.82, 2.24) is 24.6 Å². The lowest BCUT2D eigenvalue weighted by molar-refractivity contribution is 0.881. The minimum atomic E-state index is 0.630. The highest BCUT2D eigenvalue weighted by atomic mass is 15.3. The van der Waals surface area contributed by atoms with Crippen molar-refractivity contribution in [2.75, 3.05) is 18.0 Å². The Morgan fingerprint density at radius 1 is 1.00 bits per heavy atom. The Morgan fingerprint density at radius 3 is 2.67 bits per heavy atom. The summed E-state index contributed by atoms with van der Waals surface area (Å²) in [4.78, 5) is 15.9. The summed E-state index contributed by atoms with van der Waals surface area (Å²) in [5.41, 5.74) is 2.89. The maximum Gasteiger partial charge on any atom is 0.253 e. The van der Waals surface area contributed by atoms with Crippen molar-refractivity contribution in [1.29, 1.82) is 0 Å². The predicted molar refractivity (Wildman–Crippen MR) is 94.9 cm³/mol. The summed E-state index contributed by atoms with van der Waals surface area (Å²) in [5, 5.41) is 4.49. The molecule has 1 fully saturated rings. The van der Waals surface area contributed by atoms with Gasteiger partial charge in [-0.05, 0) is 57.0 Å². The van der Waals surface area contributed by atoms with Crippen LogP contribution in [-0.4, -0.2) is 37.7 Å². The molecule has 6 heteroatoms. The van der Waals surface area contributed by atoms with Crippen molar-refractivity contribution in [3.63, 3.8) is 0 Å². The topological polar surface area (TPSA) is 59.2 Å². The second-order valence-corrected chi connectivity index (χ2v) is 6.17. The molecule has 0 bridgehead atoms. The third-order valence-corrected chi connectivity index (χ3v) is 4.22. The van der Waals surface area contributed by atoms with Crippen molar-refractivity contribution in [3.05, 3.63) is 47.2 Å². The average Bonchev–Trinajstić information content (AvgIpc) is 3.23. The van der Waals surface area contributed by atoms with E-state index in [2.05, 4.69) is 26.0 Å². The van der Waals surface area contributed by atoms with Gasteiger partial charge in [0.2, 0.25) is 0 Å². The van der Waals surface area contributed by atoms with Crippen molar-refractivity contribution in [2.24, 2.45) is 0 Å². The number of pyridine rings is 1. The third kappa shape index (κ3) is 2.87. The molecule has 3 aromatic rings. The molecule has 4 heterocycles. The van der Waals surface area contributed by atoms with Crippen molar-refractivity contribution in [3.8, 4) is 0 Å². The number of hydrogen-bond donors (Lipinski definition) is 0. The molecule has 0 unspecified atom stereocenters. The molecule has 1 aliphatic heterocycles. The van der Waals surface area contributed by atoms with Gasteiger partial charge in [0, 0.05) is 24.5 Å². The van der Waals surface area contributed by atoms with Gasteiger partial charge in [-0.3, -0.25) is 0 Å². The molecule has 122 valence electrons. The van der Waals surface area contributed by atoms with E-state index in [1.165, 1.54) is 12.8 Å². The van der Waals surface area contributed by atoms with E-state index in [1.54, 1.807) is 4.52 Å². The second-order valence-electron chi connectivity index (χ2n) is 6.17. The van der Waals surface area contributed by atoms with E-state index in [4.69, 9.17) is 4.98 Å². The number of nitrogens with zero attached hydrogens (tertiary/aromatic N) is 6. The van der Waals surface area contributed by atoms with Crippen LogP contribution in [0.3, 0.4) is 0 Å². The molecule has 4 rings (SSSR count). The van der Waals surface area contributed by atoms with E-state index >= 15 is 0 Å². The van der Waals surface area contributed by atoms with E-state index in [1.807, 2.05) is 44.2 Å². The van der Waals surface area contributed by atoms with Crippen LogP contribution >= 0.6 is 0 Å². The summed E-state index contributed by atoms with van der Waals surface area (Å²) >= 11 is 0. The van der Waals surface area contributed by atoms with Gasteiger partial charge < -0.3 is 4.90 Å². The van der Waals surface area contributed by atoms with Crippen LogP contribution in [0.1, 0.15) is 35.7 Å². The molecular formula is C18H20N6.